The van der Waals surface area contributed by atoms with Crippen LogP contribution in [0.25, 0.3) is 0 Å². The molecule has 21 heavy (non-hydrogen) atoms. The van der Waals surface area contributed by atoms with Crippen molar-refractivity contribution in [3.63, 3.8) is 0 Å². The highest BCUT2D eigenvalue weighted by molar-refractivity contribution is 5.95. The third-order valence-corrected chi connectivity index (χ3v) is 3.51. The highest BCUT2D eigenvalue weighted by Crippen LogP contribution is 2.47. The summed E-state index contributed by atoms with van der Waals surface area (Å²) >= 11 is 0. The van der Waals surface area contributed by atoms with Crippen LogP contribution in [0.2, 0.25) is 0 Å². The molecule has 1 aromatic carbocycles. The maximum atomic E-state index is 12.4. The van der Waals surface area contributed by atoms with E-state index in [0.717, 1.165) is 0 Å². The SMILES string of the molecule is CC(C)(C)OC(=O)C(C)(C)C1(O)OC(=O)c2ccccc21. The Morgan fingerprint density at radius 3 is 2.33 bits per heavy atom. The molecule has 0 bridgehead atoms. The van der Waals surface area contributed by atoms with Gasteiger partial charge >= 0.3 is 11.9 Å². The van der Waals surface area contributed by atoms with Crippen LogP contribution in [0.3, 0.4) is 0 Å². The van der Waals surface area contributed by atoms with E-state index in [2.05, 4.69) is 0 Å². The largest absolute Gasteiger partial charge is 0.459 e. The second-order valence-electron chi connectivity index (χ2n) is 6.71. The third-order valence-electron chi connectivity index (χ3n) is 3.51. The first-order valence-corrected chi connectivity index (χ1v) is 6.78. The molecule has 0 radical (unpaired) electrons. The predicted molar refractivity (Wildman–Crippen MR) is 75.4 cm³/mol. The van der Waals surface area contributed by atoms with Gasteiger partial charge in [-0.15, -0.1) is 0 Å². The van der Waals surface area contributed by atoms with Crippen LogP contribution in [-0.2, 0) is 20.1 Å². The zero-order valence-corrected chi connectivity index (χ0v) is 12.9. The molecular weight excluding hydrogens is 272 g/mol. The van der Waals surface area contributed by atoms with Gasteiger partial charge in [0.15, 0.2) is 0 Å². The average molecular weight is 292 g/mol. The molecule has 0 saturated carbocycles. The van der Waals surface area contributed by atoms with Gasteiger partial charge in [0.2, 0.25) is 0 Å². The minimum Gasteiger partial charge on any atom is -0.459 e. The maximum absolute atomic E-state index is 12.4. The summed E-state index contributed by atoms with van der Waals surface area (Å²) in [5, 5.41) is 10.9. The van der Waals surface area contributed by atoms with Gasteiger partial charge in [-0.05, 0) is 40.7 Å². The maximum Gasteiger partial charge on any atom is 0.341 e. The summed E-state index contributed by atoms with van der Waals surface area (Å²) in [6.45, 7) is 8.20. The molecule has 114 valence electrons. The van der Waals surface area contributed by atoms with Gasteiger partial charge in [0.05, 0.1) is 5.56 Å². The average Bonchev–Trinajstić information content (AvgIpc) is 2.62. The zero-order valence-electron chi connectivity index (χ0n) is 12.9. The van der Waals surface area contributed by atoms with Gasteiger partial charge in [-0.2, -0.15) is 0 Å². The minimum absolute atomic E-state index is 0.261. The first kappa shape index (κ1) is 15.5. The quantitative estimate of drug-likeness (QED) is 0.847. The lowest BCUT2D eigenvalue weighted by Crippen LogP contribution is -2.49. The summed E-state index contributed by atoms with van der Waals surface area (Å²) in [6, 6.07) is 6.48. The fourth-order valence-electron chi connectivity index (χ4n) is 2.21. The van der Waals surface area contributed by atoms with Crippen molar-refractivity contribution in [2.75, 3.05) is 0 Å². The van der Waals surface area contributed by atoms with E-state index in [1.54, 1.807) is 45.0 Å². The Balaban J connectivity index is 2.45. The van der Waals surface area contributed by atoms with Crippen LogP contribution in [0, 0.1) is 5.41 Å². The van der Waals surface area contributed by atoms with Crippen molar-refractivity contribution in [1.29, 1.82) is 0 Å². The molecule has 0 spiro atoms. The van der Waals surface area contributed by atoms with Crippen LogP contribution in [0.15, 0.2) is 24.3 Å². The van der Waals surface area contributed by atoms with Gasteiger partial charge in [0.25, 0.3) is 5.79 Å². The van der Waals surface area contributed by atoms with Crippen molar-refractivity contribution in [1.82, 2.24) is 0 Å². The van der Waals surface area contributed by atoms with Crippen LogP contribution in [0.5, 0.6) is 0 Å². The topological polar surface area (TPSA) is 72.8 Å². The molecule has 0 fully saturated rings. The van der Waals surface area contributed by atoms with E-state index in [1.807, 2.05) is 0 Å². The van der Waals surface area contributed by atoms with Crippen molar-refractivity contribution in [3.05, 3.63) is 35.4 Å². The standard InChI is InChI=1S/C16H20O5/c1-14(2,3)21-13(18)15(4,5)16(19)11-9-7-6-8-10(11)12(17)20-16/h6-9,19H,1-5H3. The predicted octanol–water partition coefficient (Wildman–Crippen LogP) is 2.37. The highest BCUT2D eigenvalue weighted by atomic mass is 16.7. The Bertz CT molecular complexity index is 597. The van der Waals surface area contributed by atoms with E-state index in [-0.39, 0.29) is 11.1 Å². The van der Waals surface area contributed by atoms with Crippen molar-refractivity contribution in [3.8, 4) is 0 Å². The summed E-state index contributed by atoms with van der Waals surface area (Å²) in [6.07, 6.45) is 0. The molecule has 0 amide bonds. The van der Waals surface area contributed by atoms with E-state index in [4.69, 9.17) is 9.47 Å². The fraction of sp³-hybridized carbons (Fsp3) is 0.500. The zero-order chi connectivity index (χ0) is 16.1. The molecule has 0 saturated heterocycles. The Hall–Kier alpha value is -1.88. The second kappa shape index (κ2) is 4.56. The number of hydrogen-bond acceptors (Lipinski definition) is 5. The smallest absolute Gasteiger partial charge is 0.341 e. The second-order valence-corrected chi connectivity index (χ2v) is 6.71. The number of carbonyl (C=O) groups is 2. The Morgan fingerprint density at radius 2 is 1.76 bits per heavy atom. The first-order valence-electron chi connectivity index (χ1n) is 6.78. The number of ether oxygens (including phenoxy) is 2. The Kier molecular flexibility index (Phi) is 3.37. The van der Waals surface area contributed by atoms with Crippen LogP contribution in [0.1, 0.15) is 50.5 Å². The Morgan fingerprint density at radius 1 is 1.19 bits per heavy atom. The van der Waals surface area contributed by atoms with Crippen LogP contribution < -0.4 is 0 Å². The molecule has 1 N–H and O–H groups in total. The molecule has 0 aliphatic carbocycles. The molecule has 0 aromatic heterocycles. The van der Waals surface area contributed by atoms with E-state index < -0.39 is 28.7 Å². The monoisotopic (exact) mass is 292 g/mol. The molecule has 1 aliphatic rings. The Labute approximate surface area is 123 Å². The summed E-state index contributed by atoms with van der Waals surface area (Å²) in [5.74, 6) is -3.32. The van der Waals surface area contributed by atoms with Crippen molar-refractivity contribution >= 4 is 11.9 Å². The van der Waals surface area contributed by atoms with E-state index >= 15 is 0 Å². The molecule has 5 heteroatoms. The van der Waals surface area contributed by atoms with Crippen LogP contribution in [0.4, 0.5) is 0 Å². The van der Waals surface area contributed by atoms with Crippen LogP contribution in [-0.4, -0.2) is 22.6 Å². The number of benzene rings is 1. The number of fused-ring (bicyclic) bond motifs is 1. The van der Waals surface area contributed by atoms with E-state index in [0.29, 0.717) is 0 Å². The lowest BCUT2D eigenvalue weighted by atomic mass is 9.78. The summed E-state index contributed by atoms with van der Waals surface area (Å²) in [5.41, 5.74) is -1.60. The molecule has 5 nitrogen and oxygen atoms in total. The molecule has 1 atom stereocenters. The van der Waals surface area contributed by atoms with E-state index in [9.17, 15) is 14.7 Å². The van der Waals surface area contributed by atoms with Gasteiger partial charge in [-0.3, -0.25) is 4.79 Å². The fourth-order valence-corrected chi connectivity index (χ4v) is 2.21. The molecule has 1 unspecified atom stereocenters. The van der Waals surface area contributed by atoms with Crippen molar-refractivity contribution in [2.24, 2.45) is 5.41 Å². The van der Waals surface area contributed by atoms with E-state index in [1.165, 1.54) is 13.8 Å². The molecule has 2 rings (SSSR count). The first-order chi connectivity index (χ1) is 9.49. The summed E-state index contributed by atoms with van der Waals surface area (Å²) in [4.78, 5) is 24.3. The van der Waals surface area contributed by atoms with Crippen molar-refractivity contribution in [2.45, 2.75) is 46.0 Å². The van der Waals surface area contributed by atoms with Crippen LogP contribution >= 0.6 is 0 Å². The molecule has 1 heterocycles. The van der Waals surface area contributed by atoms with Gasteiger partial charge in [0, 0.05) is 5.56 Å². The minimum atomic E-state index is -2.04. The number of esters is 2. The normalized spacial score (nSPS) is 21.7. The molecular formula is C16H20O5. The molecule has 1 aromatic rings. The summed E-state index contributed by atoms with van der Waals surface area (Å²) < 4.78 is 10.5. The number of aliphatic hydroxyl groups is 1. The number of carbonyl (C=O) groups excluding carboxylic acids is 2. The molecule has 1 aliphatic heterocycles. The van der Waals surface area contributed by atoms with Gasteiger partial charge < -0.3 is 14.6 Å². The van der Waals surface area contributed by atoms with Crippen molar-refractivity contribution < 1.29 is 24.2 Å². The summed E-state index contributed by atoms with van der Waals surface area (Å²) in [7, 11) is 0. The van der Waals surface area contributed by atoms with Gasteiger partial charge in [-0.25, -0.2) is 4.79 Å². The number of hydrogen-bond donors (Lipinski definition) is 1. The lowest BCUT2D eigenvalue weighted by Gasteiger charge is -2.38. The lowest BCUT2D eigenvalue weighted by molar-refractivity contribution is -0.244. The number of cyclic esters (lactones) is 1. The third kappa shape index (κ3) is 2.42. The van der Waals surface area contributed by atoms with Gasteiger partial charge in [0.1, 0.15) is 11.0 Å². The number of rotatable bonds is 2. The van der Waals surface area contributed by atoms with Gasteiger partial charge in [-0.1, -0.05) is 18.2 Å². The highest BCUT2D eigenvalue weighted by Gasteiger charge is 2.59.